The number of hydrogen-bond donors (Lipinski definition) is 2. The van der Waals surface area contributed by atoms with Crippen molar-refractivity contribution in [2.45, 2.75) is 127 Å². The zero-order chi connectivity index (χ0) is 24.0. The number of aliphatic hydroxyl groups excluding tert-OH is 1. The van der Waals surface area contributed by atoms with Crippen molar-refractivity contribution in [3.63, 3.8) is 0 Å². The highest BCUT2D eigenvalue weighted by Crippen LogP contribution is 2.41. The summed E-state index contributed by atoms with van der Waals surface area (Å²) < 4.78 is 11.9. The summed E-state index contributed by atoms with van der Waals surface area (Å²) in [7, 11) is 0. The summed E-state index contributed by atoms with van der Waals surface area (Å²) in [5.74, 6) is 1.66. The number of aryl methyl sites for hydroxylation is 1. The van der Waals surface area contributed by atoms with Crippen LogP contribution in [0.2, 0.25) is 0 Å². The van der Waals surface area contributed by atoms with E-state index < -0.39 is 11.7 Å². The van der Waals surface area contributed by atoms with Gasteiger partial charge in [-0.2, -0.15) is 0 Å². The van der Waals surface area contributed by atoms with Gasteiger partial charge in [-0.05, 0) is 87.3 Å². The van der Waals surface area contributed by atoms with Crippen LogP contribution in [0.25, 0.3) is 0 Å². The van der Waals surface area contributed by atoms with Crippen molar-refractivity contribution in [3.05, 3.63) is 23.8 Å². The van der Waals surface area contributed by atoms with Crippen molar-refractivity contribution in [1.82, 2.24) is 0 Å². The van der Waals surface area contributed by atoms with Crippen molar-refractivity contribution in [3.8, 4) is 11.5 Å². The van der Waals surface area contributed by atoms with Gasteiger partial charge in [0, 0.05) is 13.3 Å². The van der Waals surface area contributed by atoms with Crippen molar-refractivity contribution < 1.29 is 24.5 Å². The fourth-order valence-corrected chi connectivity index (χ4v) is 6.64. The van der Waals surface area contributed by atoms with E-state index in [-0.39, 0.29) is 17.8 Å². The van der Waals surface area contributed by atoms with Gasteiger partial charge in [-0.3, -0.25) is 4.79 Å². The molecule has 0 radical (unpaired) electrons. The van der Waals surface area contributed by atoms with Gasteiger partial charge in [-0.1, -0.05) is 44.6 Å². The van der Waals surface area contributed by atoms with Gasteiger partial charge in [-0.25, -0.2) is 0 Å². The normalized spacial score (nSPS) is 28.3. The Hall–Kier alpha value is -1.75. The molecular formula is C29H44O5. The number of phenols is 1. The molecule has 1 aromatic rings. The first-order chi connectivity index (χ1) is 16.4. The molecule has 2 N–H and O–H groups in total. The quantitative estimate of drug-likeness (QED) is 0.382. The first-order valence-electron chi connectivity index (χ1n) is 13.8. The summed E-state index contributed by atoms with van der Waals surface area (Å²) in [5.41, 5.74) is 0.447. The molecule has 0 bridgehead atoms. The first-order valence-corrected chi connectivity index (χ1v) is 13.8. The molecule has 4 rings (SSSR count). The monoisotopic (exact) mass is 472 g/mol. The van der Waals surface area contributed by atoms with Crippen LogP contribution in [0.5, 0.6) is 11.5 Å². The number of aromatic hydroxyl groups is 1. The highest BCUT2D eigenvalue weighted by atomic mass is 16.6. The van der Waals surface area contributed by atoms with Crippen molar-refractivity contribution in [2.75, 3.05) is 0 Å². The van der Waals surface area contributed by atoms with Crippen LogP contribution >= 0.6 is 0 Å². The van der Waals surface area contributed by atoms with Crippen LogP contribution in [0.3, 0.4) is 0 Å². The summed E-state index contributed by atoms with van der Waals surface area (Å²) >= 11 is 0. The lowest BCUT2D eigenvalue weighted by Gasteiger charge is -2.42. The number of rotatable bonds is 10. The molecule has 3 aliphatic carbocycles. The van der Waals surface area contributed by atoms with Crippen LogP contribution in [0.4, 0.5) is 0 Å². The van der Waals surface area contributed by atoms with E-state index in [1.165, 1.54) is 58.3 Å². The zero-order valence-corrected chi connectivity index (χ0v) is 21.0. The number of benzene rings is 1. The van der Waals surface area contributed by atoms with Crippen LogP contribution in [0.1, 0.15) is 109 Å². The van der Waals surface area contributed by atoms with Gasteiger partial charge < -0.3 is 19.7 Å². The molecule has 5 nitrogen and oxygen atoms in total. The average Bonchev–Trinajstić information content (AvgIpc) is 3.50. The first kappa shape index (κ1) is 25.3. The highest BCUT2D eigenvalue weighted by molar-refractivity contribution is 5.66. The molecule has 34 heavy (non-hydrogen) atoms. The molecule has 0 heterocycles. The van der Waals surface area contributed by atoms with Gasteiger partial charge in [0.15, 0.2) is 11.5 Å². The van der Waals surface area contributed by atoms with E-state index in [4.69, 9.17) is 9.47 Å². The van der Waals surface area contributed by atoms with E-state index >= 15 is 0 Å². The Morgan fingerprint density at radius 2 is 1.79 bits per heavy atom. The van der Waals surface area contributed by atoms with Gasteiger partial charge in [0.05, 0.1) is 12.2 Å². The lowest BCUT2D eigenvalue weighted by molar-refractivity contribution is -0.168. The van der Waals surface area contributed by atoms with E-state index in [1.807, 2.05) is 12.1 Å². The number of hydrogen-bond acceptors (Lipinski definition) is 5. The summed E-state index contributed by atoms with van der Waals surface area (Å²) in [6.45, 7) is 1.47. The van der Waals surface area contributed by atoms with Crippen molar-refractivity contribution in [1.29, 1.82) is 0 Å². The van der Waals surface area contributed by atoms with Crippen LogP contribution < -0.4 is 4.74 Å². The SMILES string of the molecule is CC(=O)OC1(CCc2ccc(O)c(OC3CCCC3)c2)CCC(CCCC2CCCC2)C(O)C1. The molecule has 3 atom stereocenters. The topological polar surface area (TPSA) is 76.0 Å². The zero-order valence-electron chi connectivity index (χ0n) is 21.0. The van der Waals surface area contributed by atoms with Crippen LogP contribution in [-0.2, 0) is 16.0 Å². The molecule has 3 aliphatic rings. The fourth-order valence-electron chi connectivity index (χ4n) is 6.64. The van der Waals surface area contributed by atoms with Gasteiger partial charge in [0.2, 0.25) is 0 Å². The molecule has 5 heteroatoms. The largest absolute Gasteiger partial charge is 0.504 e. The maximum atomic E-state index is 12.0. The molecule has 1 aromatic carbocycles. The maximum Gasteiger partial charge on any atom is 0.303 e. The number of carbonyl (C=O) groups is 1. The maximum absolute atomic E-state index is 12.0. The molecule has 3 fully saturated rings. The third-order valence-electron chi connectivity index (χ3n) is 8.61. The second-order valence-corrected chi connectivity index (χ2v) is 11.3. The van der Waals surface area contributed by atoms with Gasteiger partial charge in [-0.15, -0.1) is 0 Å². The molecule has 190 valence electrons. The molecule has 0 saturated heterocycles. The Balaban J connectivity index is 1.33. The van der Waals surface area contributed by atoms with Gasteiger partial charge in [0.25, 0.3) is 0 Å². The number of carbonyl (C=O) groups excluding carboxylic acids is 1. The molecule has 3 unspecified atom stereocenters. The Morgan fingerprint density at radius 1 is 1.06 bits per heavy atom. The van der Waals surface area contributed by atoms with Crippen LogP contribution in [-0.4, -0.2) is 34.0 Å². The van der Waals surface area contributed by atoms with E-state index in [9.17, 15) is 15.0 Å². The predicted octanol–water partition coefficient (Wildman–Crippen LogP) is 6.47. The van der Waals surface area contributed by atoms with Crippen LogP contribution in [0, 0.1) is 11.8 Å². The Labute approximate surface area is 205 Å². The second kappa shape index (κ2) is 11.8. The number of ether oxygens (including phenoxy) is 2. The Bertz CT molecular complexity index is 796. The minimum Gasteiger partial charge on any atom is -0.504 e. The van der Waals surface area contributed by atoms with Gasteiger partial charge in [0.1, 0.15) is 5.60 Å². The Morgan fingerprint density at radius 3 is 2.50 bits per heavy atom. The average molecular weight is 473 g/mol. The number of aliphatic hydroxyl groups is 1. The smallest absolute Gasteiger partial charge is 0.303 e. The minimum atomic E-state index is -0.614. The predicted molar refractivity (Wildman–Crippen MR) is 133 cm³/mol. The molecular weight excluding hydrogens is 428 g/mol. The molecule has 0 spiro atoms. The number of esters is 1. The van der Waals surface area contributed by atoms with Gasteiger partial charge >= 0.3 is 5.97 Å². The molecule has 3 saturated carbocycles. The minimum absolute atomic E-state index is 0.180. The third-order valence-corrected chi connectivity index (χ3v) is 8.61. The lowest BCUT2D eigenvalue weighted by Crippen LogP contribution is -2.45. The molecule has 0 amide bonds. The fraction of sp³-hybridized carbons (Fsp3) is 0.759. The standard InChI is InChI=1S/C29H44O5/c1-21(30)34-29(18-16-24(27(32)20-29)10-6-9-22-7-2-3-8-22)17-15-23-13-14-26(31)28(19-23)33-25-11-4-5-12-25/h13-14,19,22,24-25,27,31-32H,2-12,15-18,20H2,1H3. The van der Waals surface area contributed by atoms with Crippen molar-refractivity contribution >= 4 is 5.97 Å². The lowest BCUT2D eigenvalue weighted by atomic mass is 9.72. The van der Waals surface area contributed by atoms with E-state index in [0.717, 1.165) is 43.6 Å². The van der Waals surface area contributed by atoms with E-state index in [0.29, 0.717) is 30.9 Å². The Kier molecular flexibility index (Phi) is 8.79. The molecule has 0 aliphatic heterocycles. The second-order valence-electron chi connectivity index (χ2n) is 11.3. The van der Waals surface area contributed by atoms with E-state index in [2.05, 4.69) is 0 Å². The summed E-state index contributed by atoms with van der Waals surface area (Å²) in [6, 6.07) is 5.55. The highest BCUT2D eigenvalue weighted by Gasteiger charge is 2.42. The summed E-state index contributed by atoms with van der Waals surface area (Å²) in [6.07, 6.45) is 16.9. The summed E-state index contributed by atoms with van der Waals surface area (Å²) in [5, 5.41) is 21.3. The summed E-state index contributed by atoms with van der Waals surface area (Å²) in [4.78, 5) is 12.0. The van der Waals surface area contributed by atoms with E-state index in [1.54, 1.807) is 6.07 Å². The van der Waals surface area contributed by atoms with Crippen molar-refractivity contribution in [2.24, 2.45) is 11.8 Å². The third kappa shape index (κ3) is 6.90. The number of phenolic OH excluding ortho intramolecular Hbond substituents is 1. The van der Waals surface area contributed by atoms with Crippen LogP contribution in [0.15, 0.2) is 18.2 Å². The molecule has 0 aromatic heterocycles.